The molecule has 0 spiro atoms. The highest BCUT2D eigenvalue weighted by Crippen LogP contribution is 2.52. The number of hydrogen-bond acceptors (Lipinski definition) is 20. The van der Waals surface area contributed by atoms with E-state index in [1.165, 1.54) is 30.3 Å². The second-order valence-corrected chi connectivity index (χ2v) is 15.4. The molecular formula is C35H48N5O20P. The molecule has 4 rings (SSSR count). The Hall–Kier alpha value is -4.60. The topological polar surface area (TPSA) is 395 Å². The first-order valence-electron chi connectivity index (χ1n) is 18.6. The van der Waals surface area contributed by atoms with E-state index in [0.717, 1.165) is 10.8 Å². The Bertz CT molecular complexity index is 1950. The van der Waals surface area contributed by atoms with E-state index in [2.05, 4.69) is 15.6 Å². The number of Topliss-reactive ketones (excluding diaryl/α,β-unsaturated/α-hetero) is 1. The molecule has 12 N–H and O–H groups in total. The summed E-state index contributed by atoms with van der Waals surface area (Å²) in [5.74, 6) is -8.92. The highest BCUT2D eigenvalue weighted by atomic mass is 31.2. The molecule has 26 heteroatoms. The van der Waals surface area contributed by atoms with Crippen LogP contribution in [0.5, 0.6) is 0 Å². The van der Waals surface area contributed by atoms with Crippen molar-refractivity contribution in [2.75, 3.05) is 45.3 Å². The third kappa shape index (κ3) is 13.2. The molecule has 2 fully saturated rings. The summed E-state index contributed by atoms with van der Waals surface area (Å²) in [6, 6.07) is 7.20. The van der Waals surface area contributed by atoms with E-state index in [-0.39, 0.29) is 37.9 Å². The van der Waals surface area contributed by atoms with Crippen molar-refractivity contribution < 1.29 is 92.4 Å². The number of nitrogens with one attached hydrogen (secondary N) is 2. The monoisotopic (exact) mass is 889 g/mol. The highest BCUT2D eigenvalue weighted by Gasteiger charge is 2.59. The van der Waals surface area contributed by atoms with Crippen LogP contribution in [-0.2, 0) is 42.2 Å². The molecule has 61 heavy (non-hydrogen) atoms. The molecule has 0 aliphatic carbocycles. The van der Waals surface area contributed by atoms with Crippen LogP contribution in [0.4, 0.5) is 5.82 Å². The zero-order chi connectivity index (χ0) is 45.1. The number of anilines is 1. The number of ketones is 1. The number of benzene rings is 1. The number of ether oxygens (including phenoxy) is 3. The second-order valence-electron chi connectivity index (χ2n) is 14.0. The van der Waals surface area contributed by atoms with Crippen LogP contribution in [0.25, 0.3) is 0 Å². The Morgan fingerprint density at radius 3 is 2.43 bits per heavy atom. The molecule has 2 aromatic rings. The highest BCUT2D eigenvalue weighted by molar-refractivity contribution is 7.47. The second kappa shape index (κ2) is 22.0. The van der Waals surface area contributed by atoms with Crippen molar-refractivity contribution in [3.8, 4) is 0 Å². The third-order valence-corrected chi connectivity index (χ3v) is 10.6. The summed E-state index contributed by atoms with van der Waals surface area (Å²) in [6.07, 6.45) is -15.1. The van der Waals surface area contributed by atoms with Gasteiger partial charge in [0.25, 0.3) is 11.7 Å². The summed E-state index contributed by atoms with van der Waals surface area (Å²) in [5.41, 5.74) is 5.26. The number of carboxylic acids is 1. The Morgan fingerprint density at radius 2 is 1.79 bits per heavy atom. The Labute approximate surface area is 345 Å². The molecule has 2 saturated heterocycles. The average Bonchev–Trinajstić information content (AvgIpc) is 3.50. The number of hydrogen-bond donors (Lipinski definition) is 11. The van der Waals surface area contributed by atoms with E-state index in [1.807, 2.05) is 0 Å². The lowest BCUT2D eigenvalue weighted by molar-refractivity contribution is -0.298. The number of carbonyl (C=O) groups excluding carboxylic acids is 4. The van der Waals surface area contributed by atoms with Gasteiger partial charge in [0, 0.05) is 55.7 Å². The third-order valence-electron chi connectivity index (χ3n) is 9.57. The fourth-order valence-electron chi connectivity index (χ4n) is 6.31. The van der Waals surface area contributed by atoms with Gasteiger partial charge in [-0.3, -0.25) is 28.3 Å². The molecule has 1 aromatic heterocycles. The van der Waals surface area contributed by atoms with Crippen molar-refractivity contribution in [3.05, 3.63) is 58.1 Å². The van der Waals surface area contributed by atoms with Crippen LogP contribution in [0.3, 0.4) is 0 Å². The molecule has 6 unspecified atom stereocenters. The molecule has 0 bridgehead atoms. The Kier molecular flexibility index (Phi) is 17.7. The normalized spacial score (nSPS) is 27.0. The molecule has 1 aromatic carbocycles. The number of rotatable bonds is 23. The number of aliphatic hydroxyl groups is 6. The number of amides is 2. The summed E-state index contributed by atoms with van der Waals surface area (Å²) < 4.78 is 39.8. The standard InChI is InChI=1S/C35H48N5O20P/c36-25-6-9-40(34(53)39-25)32-29(49)28(48)24(58-32)17-57-61(54,55)60-35(33(51)52)13-22(44)21(30(59-35)27(47)23(45)16-42)12-20(43)14-38-26(46)7-11-56-10-1-8-37-31(50)19-4-2-18(15-41)3-5-19/h2-6,9,15,21-24,27-30,32,42,44-45,47-49H,1,7-8,10-14,16-17H2,(H,37,50)(H,38,46)(H,51,52)(H,54,55)(H2,36,39,53)/t21?,22?,23-,24-,27-,28+,29?,30?,32-,35?/m1/s1. The minimum atomic E-state index is -5.64. The molecule has 2 amide bonds. The molecule has 0 radical (unpaired) electrons. The van der Waals surface area contributed by atoms with Crippen LogP contribution in [0.2, 0.25) is 0 Å². The van der Waals surface area contributed by atoms with E-state index in [4.69, 9.17) is 29.0 Å². The number of aliphatic hydroxyl groups excluding tert-OH is 6. The number of phosphoric ester groups is 1. The maximum Gasteiger partial charge on any atom is 0.475 e. The van der Waals surface area contributed by atoms with Gasteiger partial charge in [-0.15, -0.1) is 0 Å². The zero-order valence-corrected chi connectivity index (χ0v) is 33.1. The SMILES string of the molecule is Nc1ccn([C@@H]2O[C@H](COP(=O)(O)OC3(C(=O)O)CC(O)C(CC(=O)CNC(=O)CCOCCCNC(=O)c4ccc(C=O)cc4)C([C@H](O)[C@H](O)CO)O3)[C@H](O)C2O)c(=O)n1. The van der Waals surface area contributed by atoms with Gasteiger partial charge in [0.1, 0.15) is 42.6 Å². The zero-order valence-electron chi connectivity index (χ0n) is 32.2. The van der Waals surface area contributed by atoms with E-state index in [1.54, 1.807) is 0 Å². The maximum atomic E-state index is 13.1. The van der Waals surface area contributed by atoms with Crippen LogP contribution in [0, 0.1) is 5.92 Å². The number of carboxylic acid groups (broad SMARTS) is 1. The maximum absolute atomic E-state index is 13.1. The van der Waals surface area contributed by atoms with Crippen molar-refractivity contribution in [3.63, 3.8) is 0 Å². The molecule has 338 valence electrons. The number of aliphatic carboxylic acids is 1. The first kappa shape index (κ1) is 49.1. The fourth-order valence-corrected chi connectivity index (χ4v) is 7.27. The van der Waals surface area contributed by atoms with Gasteiger partial charge >= 0.3 is 19.5 Å². The van der Waals surface area contributed by atoms with Crippen molar-refractivity contribution in [2.24, 2.45) is 5.92 Å². The number of nitrogen functional groups attached to an aromatic ring is 1. The number of carbonyl (C=O) groups is 5. The van der Waals surface area contributed by atoms with Gasteiger partial charge in [-0.1, -0.05) is 12.1 Å². The van der Waals surface area contributed by atoms with E-state index in [9.17, 15) is 74.0 Å². The molecule has 2 aliphatic rings. The Balaban J connectivity index is 1.28. The fraction of sp³-hybridized carbons (Fsp3) is 0.571. The van der Waals surface area contributed by atoms with Crippen LogP contribution in [0.15, 0.2) is 41.3 Å². The van der Waals surface area contributed by atoms with Gasteiger partial charge in [-0.2, -0.15) is 4.98 Å². The van der Waals surface area contributed by atoms with E-state index >= 15 is 0 Å². The van der Waals surface area contributed by atoms with Crippen molar-refractivity contribution >= 4 is 43.5 Å². The number of nitrogens with two attached hydrogens (primary N) is 1. The first-order valence-corrected chi connectivity index (χ1v) is 20.1. The molecule has 0 saturated carbocycles. The molecular weight excluding hydrogens is 841 g/mol. The minimum absolute atomic E-state index is 0.0568. The van der Waals surface area contributed by atoms with Gasteiger partial charge in [0.05, 0.1) is 38.6 Å². The summed E-state index contributed by atoms with van der Waals surface area (Å²) in [6.45, 7) is -2.44. The first-order chi connectivity index (χ1) is 28.8. The molecule has 11 atom stereocenters. The minimum Gasteiger partial charge on any atom is -0.477 e. The number of nitrogens with zero attached hydrogens (tertiary/aromatic N) is 2. The number of aromatic nitrogens is 2. The van der Waals surface area contributed by atoms with E-state index in [0.29, 0.717) is 23.8 Å². The lowest BCUT2D eigenvalue weighted by Gasteiger charge is -2.46. The van der Waals surface area contributed by atoms with Gasteiger partial charge < -0.3 is 71.2 Å². The lowest BCUT2D eigenvalue weighted by atomic mass is 9.80. The lowest BCUT2D eigenvalue weighted by Crippen LogP contribution is -2.62. The number of phosphoric acid groups is 1. The van der Waals surface area contributed by atoms with Crippen LogP contribution < -0.4 is 22.1 Å². The smallest absolute Gasteiger partial charge is 0.475 e. The summed E-state index contributed by atoms with van der Waals surface area (Å²) >= 11 is 0. The summed E-state index contributed by atoms with van der Waals surface area (Å²) in [4.78, 5) is 87.0. The van der Waals surface area contributed by atoms with Gasteiger partial charge in [-0.25, -0.2) is 18.7 Å². The van der Waals surface area contributed by atoms with Crippen molar-refractivity contribution in [2.45, 2.75) is 80.4 Å². The van der Waals surface area contributed by atoms with Crippen molar-refractivity contribution in [1.82, 2.24) is 20.2 Å². The summed E-state index contributed by atoms with van der Waals surface area (Å²) in [5, 5.41) is 77.7. The molecule has 2 aliphatic heterocycles. The van der Waals surface area contributed by atoms with Crippen LogP contribution >= 0.6 is 7.82 Å². The predicted octanol–water partition coefficient (Wildman–Crippen LogP) is -4.05. The average molecular weight is 890 g/mol. The number of aldehydes is 1. The molecule has 25 nitrogen and oxygen atoms in total. The van der Waals surface area contributed by atoms with Crippen LogP contribution in [0.1, 0.15) is 52.6 Å². The Morgan fingerprint density at radius 1 is 1.08 bits per heavy atom. The van der Waals surface area contributed by atoms with Gasteiger partial charge in [-0.05, 0) is 24.6 Å². The quantitative estimate of drug-likeness (QED) is 0.0287. The largest absolute Gasteiger partial charge is 0.477 e. The summed E-state index contributed by atoms with van der Waals surface area (Å²) in [7, 11) is -5.64. The van der Waals surface area contributed by atoms with Crippen LogP contribution in [-0.4, -0.2) is 168 Å². The van der Waals surface area contributed by atoms with E-state index < -0.39 is 124 Å². The molecule has 3 heterocycles. The predicted molar refractivity (Wildman–Crippen MR) is 201 cm³/mol. The van der Waals surface area contributed by atoms with Gasteiger partial charge in [0.2, 0.25) is 5.91 Å². The van der Waals surface area contributed by atoms with Crippen molar-refractivity contribution in [1.29, 1.82) is 0 Å². The van der Waals surface area contributed by atoms with Gasteiger partial charge in [0.15, 0.2) is 12.0 Å².